The van der Waals surface area contributed by atoms with Crippen LogP contribution in [0.3, 0.4) is 0 Å². The van der Waals surface area contributed by atoms with Gasteiger partial charge in [-0.1, -0.05) is 0 Å². The van der Waals surface area contributed by atoms with Crippen LogP contribution in [-0.4, -0.2) is 24.2 Å². The number of halogens is 2. The highest BCUT2D eigenvalue weighted by molar-refractivity contribution is 5.73. The highest BCUT2D eigenvalue weighted by Crippen LogP contribution is 2.29. The predicted octanol–water partition coefficient (Wildman–Crippen LogP) is 1.82. The molecule has 4 nitrogen and oxygen atoms in total. The minimum atomic E-state index is -1.36. The topological polar surface area (TPSA) is 72.5 Å². The van der Waals surface area contributed by atoms with Gasteiger partial charge < -0.3 is 15.6 Å². The largest absolute Gasteiger partial charge is 0.493 e. The first-order chi connectivity index (χ1) is 8.36. The number of methoxy groups -OCH3 is 1. The Morgan fingerprint density at radius 2 is 2.17 bits per heavy atom. The molecule has 1 aromatic carbocycles. The summed E-state index contributed by atoms with van der Waals surface area (Å²) in [6, 6.07) is 1.21. The smallest absolute Gasteiger partial charge is 0.320 e. The fourth-order valence-corrected chi connectivity index (χ4v) is 1.61. The summed E-state index contributed by atoms with van der Waals surface area (Å²) in [5, 5.41) is 8.72. The van der Waals surface area contributed by atoms with Gasteiger partial charge in [0, 0.05) is 6.42 Å². The molecule has 0 aliphatic rings. The van der Waals surface area contributed by atoms with Gasteiger partial charge in [-0.25, -0.2) is 8.78 Å². The summed E-state index contributed by atoms with van der Waals surface area (Å²) in [4.78, 5) is 10.7. The molecule has 0 radical (unpaired) electrons. The molecule has 0 amide bonds. The SMILES string of the molecule is COc1c(F)cc(C(C)F)cc1CC(N)C(=O)O. The Balaban J connectivity index is 3.17. The lowest BCUT2D eigenvalue weighted by molar-refractivity contribution is -0.138. The van der Waals surface area contributed by atoms with Gasteiger partial charge in [0.05, 0.1) is 7.11 Å². The molecule has 0 saturated carbocycles. The molecule has 0 aromatic heterocycles. The lowest BCUT2D eigenvalue weighted by atomic mass is 10.0. The molecule has 0 aliphatic heterocycles. The number of nitrogens with two attached hydrogens (primary N) is 1. The molecule has 0 heterocycles. The van der Waals surface area contributed by atoms with Gasteiger partial charge >= 0.3 is 5.97 Å². The van der Waals surface area contributed by atoms with Crippen LogP contribution in [0.1, 0.15) is 24.2 Å². The minimum Gasteiger partial charge on any atom is -0.493 e. The minimum absolute atomic E-state index is 0.101. The van der Waals surface area contributed by atoms with Gasteiger partial charge in [0.25, 0.3) is 0 Å². The van der Waals surface area contributed by atoms with Crippen LogP contribution in [0.15, 0.2) is 12.1 Å². The van der Waals surface area contributed by atoms with Crippen LogP contribution in [0, 0.1) is 5.82 Å². The van der Waals surface area contributed by atoms with E-state index in [1.807, 2.05) is 0 Å². The molecule has 3 N–H and O–H groups in total. The maximum Gasteiger partial charge on any atom is 0.320 e. The Morgan fingerprint density at radius 3 is 2.61 bits per heavy atom. The summed E-state index contributed by atoms with van der Waals surface area (Å²) < 4.78 is 31.7. The van der Waals surface area contributed by atoms with Gasteiger partial charge in [0.1, 0.15) is 12.2 Å². The second-order valence-corrected chi connectivity index (χ2v) is 3.96. The van der Waals surface area contributed by atoms with Crippen molar-refractivity contribution in [1.82, 2.24) is 0 Å². The number of hydrogen-bond acceptors (Lipinski definition) is 3. The zero-order valence-electron chi connectivity index (χ0n) is 10.1. The van der Waals surface area contributed by atoms with Crippen molar-refractivity contribution >= 4 is 5.97 Å². The van der Waals surface area contributed by atoms with E-state index in [2.05, 4.69) is 0 Å². The van der Waals surface area contributed by atoms with Crippen LogP contribution in [0.2, 0.25) is 0 Å². The van der Waals surface area contributed by atoms with E-state index in [9.17, 15) is 13.6 Å². The summed E-state index contributed by atoms with van der Waals surface area (Å²) >= 11 is 0. The number of alkyl halides is 1. The quantitative estimate of drug-likeness (QED) is 0.846. The summed E-state index contributed by atoms with van der Waals surface area (Å²) in [6.45, 7) is 1.27. The summed E-state index contributed by atoms with van der Waals surface area (Å²) in [7, 11) is 1.26. The van der Waals surface area contributed by atoms with Gasteiger partial charge in [0.15, 0.2) is 11.6 Å². The van der Waals surface area contributed by atoms with Crippen molar-refractivity contribution in [1.29, 1.82) is 0 Å². The second-order valence-electron chi connectivity index (χ2n) is 3.96. The fraction of sp³-hybridized carbons (Fsp3) is 0.417. The number of rotatable bonds is 5. The highest BCUT2D eigenvalue weighted by Gasteiger charge is 2.19. The Hall–Kier alpha value is -1.69. The van der Waals surface area contributed by atoms with Crippen molar-refractivity contribution in [3.63, 3.8) is 0 Å². The number of aliphatic carboxylic acids is 1. The average Bonchev–Trinajstić information content (AvgIpc) is 2.28. The van der Waals surface area contributed by atoms with Gasteiger partial charge in [-0.2, -0.15) is 0 Å². The fourth-order valence-electron chi connectivity index (χ4n) is 1.61. The summed E-state index contributed by atoms with van der Waals surface area (Å²) in [5.74, 6) is -2.04. The lowest BCUT2D eigenvalue weighted by Gasteiger charge is -2.14. The lowest BCUT2D eigenvalue weighted by Crippen LogP contribution is -2.32. The Labute approximate surface area is 103 Å². The number of carboxylic acid groups (broad SMARTS) is 1. The number of hydrogen-bond donors (Lipinski definition) is 2. The second kappa shape index (κ2) is 5.77. The Bertz CT molecular complexity index is 449. The summed E-state index contributed by atoms with van der Waals surface area (Å²) in [5.41, 5.74) is 5.75. The van der Waals surface area contributed by atoms with E-state index in [-0.39, 0.29) is 23.3 Å². The van der Waals surface area contributed by atoms with Crippen molar-refractivity contribution in [3.8, 4) is 5.75 Å². The number of carbonyl (C=O) groups is 1. The zero-order chi connectivity index (χ0) is 13.9. The predicted molar refractivity (Wildman–Crippen MR) is 61.8 cm³/mol. The molecule has 0 fully saturated rings. The molecule has 2 unspecified atom stereocenters. The van der Waals surface area contributed by atoms with E-state index in [1.165, 1.54) is 20.1 Å². The van der Waals surface area contributed by atoms with Gasteiger partial charge in [0.2, 0.25) is 0 Å². The molecule has 1 aromatic rings. The molecule has 100 valence electrons. The van der Waals surface area contributed by atoms with E-state index >= 15 is 0 Å². The molecule has 18 heavy (non-hydrogen) atoms. The third kappa shape index (κ3) is 3.16. The van der Waals surface area contributed by atoms with Crippen LogP contribution in [0.25, 0.3) is 0 Å². The molecule has 0 aliphatic carbocycles. The molecule has 0 saturated heterocycles. The normalized spacial score (nSPS) is 14.1. The van der Waals surface area contributed by atoms with Crippen molar-refractivity contribution in [2.45, 2.75) is 25.6 Å². The monoisotopic (exact) mass is 259 g/mol. The Kier molecular flexibility index (Phi) is 4.61. The third-order valence-electron chi connectivity index (χ3n) is 2.56. The summed E-state index contributed by atoms with van der Waals surface area (Å²) in [6.07, 6.45) is -1.49. The number of ether oxygens (including phenoxy) is 1. The average molecular weight is 259 g/mol. The van der Waals surface area contributed by atoms with Crippen molar-refractivity contribution in [3.05, 3.63) is 29.1 Å². The third-order valence-corrected chi connectivity index (χ3v) is 2.56. The van der Waals surface area contributed by atoms with Crippen LogP contribution in [0.5, 0.6) is 5.75 Å². The molecular weight excluding hydrogens is 244 g/mol. The van der Waals surface area contributed by atoms with Crippen molar-refractivity contribution in [2.24, 2.45) is 5.73 Å². The maximum absolute atomic E-state index is 13.6. The number of carboxylic acids is 1. The van der Waals surface area contributed by atoms with E-state index in [4.69, 9.17) is 15.6 Å². The first-order valence-electron chi connectivity index (χ1n) is 5.35. The van der Waals surface area contributed by atoms with E-state index in [1.54, 1.807) is 0 Å². The molecule has 2 atom stereocenters. The van der Waals surface area contributed by atoms with E-state index in [0.717, 1.165) is 6.07 Å². The first kappa shape index (κ1) is 14.4. The molecule has 0 bridgehead atoms. The van der Waals surface area contributed by atoms with Crippen molar-refractivity contribution in [2.75, 3.05) is 7.11 Å². The standard InChI is InChI=1S/C12H15F2NO3/c1-6(13)7-3-8(5-10(15)12(16)17)11(18-2)9(14)4-7/h3-4,6,10H,5,15H2,1-2H3,(H,16,17). The van der Waals surface area contributed by atoms with Gasteiger partial charge in [-0.05, 0) is 30.2 Å². The molecule has 1 rings (SSSR count). The first-order valence-corrected chi connectivity index (χ1v) is 5.35. The maximum atomic E-state index is 13.6. The van der Waals surface area contributed by atoms with E-state index < -0.39 is 24.0 Å². The molecular formula is C12H15F2NO3. The van der Waals surface area contributed by atoms with Crippen LogP contribution in [0.4, 0.5) is 8.78 Å². The van der Waals surface area contributed by atoms with Crippen LogP contribution in [-0.2, 0) is 11.2 Å². The van der Waals surface area contributed by atoms with Gasteiger partial charge in [-0.15, -0.1) is 0 Å². The van der Waals surface area contributed by atoms with Crippen molar-refractivity contribution < 1.29 is 23.4 Å². The zero-order valence-corrected chi connectivity index (χ0v) is 10.1. The van der Waals surface area contributed by atoms with E-state index in [0.29, 0.717) is 0 Å². The number of benzene rings is 1. The Morgan fingerprint density at radius 1 is 1.56 bits per heavy atom. The van der Waals surface area contributed by atoms with Gasteiger partial charge in [-0.3, -0.25) is 4.79 Å². The molecule has 0 spiro atoms. The van der Waals surface area contributed by atoms with Crippen LogP contribution < -0.4 is 10.5 Å². The van der Waals surface area contributed by atoms with Crippen LogP contribution >= 0.6 is 0 Å². The molecule has 6 heteroatoms. The highest BCUT2D eigenvalue weighted by atomic mass is 19.1.